The van der Waals surface area contributed by atoms with E-state index in [0.717, 1.165) is 25.0 Å². The minimum atomic E-state index is -0.0849. The number of hydrogen-bond acceptors (Lipinski definition) is 4. The van der Waals surface area contributed by atoms with Gasteiger partial charge in [-0.1, -0.05) is 6.07 Å². The first-order valence-corrected chi connectivity index (χ1v) is 8.42. The number of carbonyl (C=O) groups excluding carboxylic acids is 1. The van der Waals surface area contributed by atoms with Gasteiger partial charge in [0, 0.05) is 25.0 Å². The molecule has 7 heteroatoms. The second kappa shape index (κ2) is 6.60. The molecule has 7 nitrogen and oxygen atoms in total. The second-order valence-corrected chi connectivity index (χ2v) is 6.25. The maximum atomic E-state index is 12.6. The van der Waals surface area contributed by atoms with Gasteiger partial charge in [0.15, 0.2) is 5.82 Å². The molecule has 2 aromatic rings. The molecule has 1 aliphatic heterocycles. The number of fused-ring (bicyclic) bond motifs is 1. The molecular weight excluding hydrogens is 306 g/mol. The molecule has 2 aromatic heterocycles. The number of pyridine rings is 1. The number of rotatable bonds is 3. The first kappa shape index (κ1) is 15.1. The number of hydrogen-bond donors (Lipinski definition) is 1. The maximum absolute atomic E-state index is 12.6. The van der Waals surface area contributed by atoms with Crippen LogP contribution in [0.3, 0.4) is 0 Å². The zero-order chi connectivity index (χ0) is 16.4. The van der Waals surface area contributed by atoms with E-state index in [4.69, 9.17) is 4.74 Å². The lowest BCUT2D eigenvalue weighted by molar-refractivity contribution is -0.0362. The summed E-state index contributed by atoms with van der Waals surface area (Å²) in [7, 11) is 0. The lowest BCUT2D eigenvalue weighted by Crippen LogP contribution is -2.52. The largest absolute Gasteiger partial charge is 0.374 e. The summed E-state index contributed by atoms with van der Waals surface area (Å²) >= 11 is 0. The van der Waals surface area contributed by atoms with Crippen molar-refractivity contribution < 1.29 is 9.53 Å². The van der Waals surface area contributed by atoms with Crippen LogP contribution in [0.4, 0.5) is 10.6 Å². The maximum Gasteiger partial charge on any atom is 0.323 e. The molecule has 126 valence electrons. The first-order valence-electron chi connectivity index (χ1n) is 8.42. The summed E-state index contributed by atoms with van der Waals surface area (Å²) in [5.74, 6) is 0.567. The fraction of sp³-hybridized carbons (Fsp3) is 0.471. The summed E-state index contributed by atoms with van der Waals surface area (Å²) in [5, 5.41) is 7.32. The standard InChI is InChI=1S/C17H21N5O2/c23-17(22-10-11-24-15-6-3-5-14(15)22)19-16-7-9-21(20-16)12-13-4-1-2-8-18-13/h1-2,4,7-9,14-15H,3,5-6,10-12H2,(H,19,20,23). The average molecular weight is 327 g/mol. The Morgan fingerprint density at radius 3 is 3.17 bits per heavy atom. The van der Waals surface area contributed by atoms with Crippen LogP contribution in [0.15, 0.2) is 36.7 Å². The van der Waals surface area contributed by atoms with Gasteiger partial charge in [0.1, 0.15) is 0 Å². The summed E-state index contributed by atoms with van der Waals surface area (Å²) in [6, 6.07) is 7.72. The first-order chi connectivity index (χ1) is 11.8. The molecule has 2 atom stereocenters. The molecule has 3 heterocycles. The van der Waals surface area contributed by atoms with E-state index in [0.29, 0.717) is 25.5 Å². The Morgan fingerprint density at radius 2 is 2.29 bits per heavy atom. The van der Waals surface area contributed by atoms with E-state index in [2.05, 4.69) is 15.4 Å². The number of aromatic nitrogens is 3. The molecule has 2 aliphatic rings. The molecule has 1 saturated carbocycles. The minimum absolute atomic E-state index is 0.0849. The van der Waals surface area contributed by atoms with Crippen molar-refractivity contribution in [3.05, 3.63) is 42.4 Å². The smallest absolute Gasteiger partial charge is 0.323 e. The van der Waals surface area contributed by atoms with Gasteiger partial charge in [0.05, 0.1) is 31.0 Å². The van der Waals surface area contributed by atoms with Crippen molar-refractivity contribution in [1.29, 1.82) is 0 Å². The summed E-state index contributed by atoms with van der Waals surface area (Å²) in [6.07, 6.45) is 7.00. The number of carbonyl (C=O) groups is 1. The lowest BCUT2D eigenvalue weighted by Gasteiger charge is -2.37. The zero-order valence-corrected chi connectivity index (χ0v) is 13.5. The van der Waals surface area contributed by atoms with Crippen LogP contribution in [0.5, 0.6) is 0 Å². The molecule has 2 amide bonds. The molecule has 2 unspecified atom stereocenters. The van der Waals surface area contributed by atoms with Crippen LogP contribution < -0.4 is 5.32 Å². The number of ether oxygens (including phenoxy) is 1. The summed E-state index contributed by atoms with van der Waals surface area (Å²) in [4.78, 5) is 18.8. The van der Waals surface area contributed by atoms with E-state index in [1.807, 2.05) is 35.4 Å². The number of urea groups is 1. The molecule has 0 spiro atoms. The van der Waals surface area contributed by atoms with Gasteiger partial charge in [-0.25, -0.2) is 4.79 Å². The van der Waals surface area contributed by atoms with Gasteiger partial charge in [-0.05, 0) is 31.4 Å². The molecule has 0 bridgehead atoms. The minimum Gasteiger partial charge on any atom is -0.374 e. The van der Waals surface area contributed by atoms with E-state index >= 15 is 0 Å². The third-order valence-electron chi connectivity index (χ3n) is 4.67. The van der Waals surface area contributed by atoms with Crippen molar-refractivity contribution in [3.63, 3.8) is 0 Å². The Morgan fingerprint density at radius 1 is 1.33 bits per heavy atom. The highest BCUT2D eigenvalue weighted by molar-refractivity contribution is 5.88. The summed E-state index contributed by atoms with van der Waals surface area (Å²) in [6.45, 7) is 1.84. The van der Waals surface area contributed by atoms with Gasteiger partial charge in [0.2, 0.25) is 0 Å². The fourth-order valence-electron chi connectivity index (χ4n) is 3.53. The van der Waals surface area contributed by atoms with E-state index in [9.17, 15) is 4.79 Å². The Hall–Kier alpha value is -2.41. The Balaban J connectivity index is 1.39. The molecule has 1 N–H and O–H groups in total. The topological polar surface area (TPSA) is 72.3 Å². The van der Waals surface area contributed by atoms with Gasteiger partial charge in [-0.2, -0.15) is 5.10 Å². The molecule has 0 radical (unpaired) electrons. The third-order valence-corrected chi connectivity index (χ3v) is 4.67. The van der Waals surface area contributed by atoms with Crippen LogP contribution in [0.2, 0.25) is 0 Å². The average Bonchev–Trinajstić information content (AvgIpc) is 3.24. The van der Waals surface area contributed by atoms with E-state index in [1.54, 1.807) is 10.9 Å². The van der Waals surface area contributed by atoms with Crippen molar-refractivity contribution in [3.8, 4) is 0 Å². The Bertz CT molecular complexity index is 702. The fourth-order valence-corrected chi connectivity index (χ4v) is 3.53. The van der Waals surface area contributed by atoms with Gasteiger partial charge < -0.3 is 9.64 Å². The monoisotopic (exact) mass is 327 g/mol. The quantitative estimate of drug-likeness (QED) is 0.937. The molecule has 0 aromatic carbocycles. The normalized spacial score (nSPS) is 23.1. The predicted molar refractivity (Wildman–Crippen MR) is 88.7 cm³/mol. The third kappa shape index (κ3) is 3.12. The van der Waals surface area contributed by atoms with Crippen LogP contribution in [-0.2, 0) is 11.3 Å². The Labute approximate surface area is 140 Å². The van der Waals surface area contributed by atoms with Crippen molar-refractivity contribution in [2.45, 2.75) is 38.0 Å². The Kier molecular flexibility index (Phi) is 4.17. The highest BCUT2D eigenvalue weighted by Gasteiger charge is 2.38. The van der Waals surface area contributed by atoms with Crippen LogP contribution >= 0.6 is 0 Å². The predicted octanol–water partition coefficient (Wildman–Crippen LogP) is 2.11. The summed E-state index contributed by atoms with van der Waals surface area (Å²) < 4.78 is 7.53. The van der Waals surface area contributed by atoms with E-state index in [-0.39, 0.29) is 18.2 Å². The second-order valence-electron chi connectivity index (χ2n) is 6.25. The SMILES string of the molecule is O=C(Nc1ccn(Cc2ccccn2)n1)N1CCOC2CCCC21. The van der Waals surface area contributed by atoms with Gasteiger partial charge in [0.25, 0.3) is 0 Å². The number of amides is 2. The molecule has 4 rings (SSSR count). The summed E-state index contributed by atoms with van der Waals surface area (Å²) in [5.41, 5.74) is 0.931. The van der Waals surface area contributed by atoms with Gasteiger partial charge in [-0.3, -0.25) is 15.0 Å². The number of nitrogens with zero attached hydrogens (tertiary/aromatic N) is 4. The van der Waals surface area contributed by atoms with E-state index < -0.39 is 0 Å². The molecular formula is C17H21N5O2. The van der Waals surface area contributed by atoms with Crippen LogP contribution in [-0.4, -0.2) is 51.0 Å². The van der Waals surface area contributed by atoms with Gasteiger partial charge in [-0.15, -0.1) is 0 Å². The molecule has 2 fully saturated rings. The van der Waals surface area contributed by atoms with Crippen molar-refractivity contribution >= 4 is 11.8 Å². The van der Waals surface area contributed by atoms with Crippen LogP contribution in [0.1, 0.15) is 25.0 Å². The highest BCUT2D eigenvalue weighted by atomic mass is 16.5. The van der Waals surface area contributed by atoms with Crippen LogP contribution in [0.25, 0.3) is 0 Å². The van der Waals surface area contributed by atoms with Crippen LogP contribution in [0, 0.1) is 0 Å². The molecule has 1 aliphatic carbocycles. The van der Waals surface area contributed by atoms with Gasteiger partial charge >= 0.3 is 6.03 Å². The lowest BCUT2D eigenvalue weighted by atomic mass is 10.1. The van der Waals surface area contributed by atoms with Crippen molar-refractivity contribution in [1.82, 2.24) is 19.7 Å². The van der Waals surface area contributed by atoms with Crippen molar-refractivity contribution in [2.75, 3.05) is 18.5 Å². The zero-order valence-electron chi connectivity index (χ0n) is 13.5. The number of nitrogens with one attached hydrogen (secondary N) is 1. The van der Waals surface area contributed by atoms with E-state index in [1.165, 1.54) is 0 Å². The number of anilines is 1. The highest BCUT2D eigenvalue weighted by Crippen LogP contribution is 2.29. The number of morpholine rings is 1. The molecule has 1 saturated heterocycles. The molecule has 24 heavy (non-hydrogen) atoms. The van der Waals surface area contributed by atoms with Crippen molar-refractivity contribution in [2.24, 2.45) is 0 Å².